The molecule has 0 aliphatic rings. The Morgan fingerprint density at radius 2 is 1.83 bits per heavy atom. The van der Waals surface area contributed by atoms with Gasteiger partial charge in [0, 0.05) is 24.0 Å². The van der Waals surface area contributed by atoms with E-state index in [4.69, 9.17) is 0 Å². The minimum atomic E-state index is 0.841. The van der Waals surface area contributed by atoms with Gasteiger partial charge in [-0.25, -0.2) is 4.98 Å². The van der Waals surface area contributed by atoms with Gasteiger partial charge in [0.05, 0.1) is 16.7 Å². The molecule has 0 saturated carbocycles. The highest BCUT2D eigenvalue weighted by Crippen LogP contribution is 2.25. The number of benzene rings is 1. The molecule has 0 saturated heterocycles. The van der Waals surface area contributed by atoms with E-state index in [-0.39, 0.29) is 0 Å². The molecule has 1 aromatic carbocycles. The van der Waals surface area contributed by atoms with E-state index in [1.165, 1.54) is 5.39 Å². The van der Waals surface area contributed by atoms with E-state index in [9.17, 15) is 0 Å². The maximum Gasteiger partial charge on any atom is 0.153 e. The number of aromatic amines is 2. The predicted octanol–water partition coefficient (Wildman–Crippen LogP) is 3.11. The second kappa shape index (κ2) is 3.43. The zero-order valence-electron chi connectivity index (χ0n) is 9.51. The van der Waals surface area contributed by atoms with Crippen LogP contribution in [0.15, 0.2) is 48.9 Å². The van der Waals surface area contributed by atoms with Gasteiger partial charge in [0.1, 0.15) is 0 Å². The molecule has 2 N–H and O–H groups in total. The molecule has 0 spiro atoms. The minimum absolute atomic E-state index is 0.841. The van der Waals surface area contributed by atoms with E-state index in [1.807, 2.05) is 30.6 Å². The molecule has 4 aromatic rings. The maximum atomic E-state index is 4.32. The summed E-state index contributed by atoms with van der Waals surface area (Å²) in [5.41, 5.74) is 3.08. The molecule has 3 heterocycles. The Kier molecular flexibility index (Phi) is 1.80. The third-order valence-corrected chi connectivity index (χ3v) is 3.15. The predicted molar refractivity (Wildman–Crippen MR) is 71.2 cm³/mol. The highest BCUT2D eigenvalue weighted by Gasteiger charge is 2.05. The normalized spacial score (nSPS) is 11.3. The third kappa shape index (κ3) is 1.26. The lowest BCUT2D eigenvalue weighted by molar-refractivity contribution is 1.25. The van der Waals surface area contributed by atoms with Crippen LogP contribution in [0.3, 0.4) is 0 Å². The van der Waals surface area contributed by atoms with Gasteiger partial charge in [-0.15, -0.1) is 0 Å². The number of pyridine rings is 1. The van der Waals surface area contributed by atoms with Gasteiger partial charge in [-0.2, -0.15) is 0 Å². The van der Waals surface area contributed by atoms with Crippen molar-refractivity contribution >= 4 is 21.8 Å². The number of hydrogen-bond acceptors (Lipinski definition) is 2. The number of aromatic nitrogens is 4. The Morgan fingerprint density at radius 3 is 2.72 bits per heavy atom. The third-order valence-electron chi connectivity index (χ3n) is 3.15. The SMILES string of the molecule is c1c[nH]c(-c2ccc3ccc4nccc4c3[nH]2)n1. The van der Waals surface area contributed by atoms with Crippen molar-refractivity contribution in [2.45, 2.75) is 0 Å². The molecule has 0 unspecified atom stereocenters. The Bertz CT molecular complexity index is 827. The summed E-state index contributed by atoms with van der Waals surface area (Å²) in [5, 5.41) is 2.31. The molecule has 0 fully saturated rings. The van der Waals surface area contributed by atoms with E-state index < -0.39 is 0 Å². The van der Waals surface area contributed by atoms with Gasteiger partial charge < -0.3 is 9.97 Å². The summed E-state index contributed by atoms with van der Waals surface area (Å²) in [6.45, 7) is 0. The standard InChI is InChI=1S/C14H10N4/c1-3-11-10(5-6-15-11)13-9(1)2-4-12(18-13)14-16-7-8-17-14/h1-8,18H,(H,16,17). The lowest BCUT2D eigenvalue weighted by Crippen LogP contribution is -1.87. The van der Waals surface area contributed by atoms with E-state index in [1.54, 1.807) is 6.20 Å². The van der Waals surface area contributed by atoms with Crippen molar-refractivity contribution < 1.29 is 0 Å². The fraction of sp³-hybridized carbons (Fsp3) is 0. The van der Waals surface area contributed by atoms with Crippen LogP contribution in [0.25, 0.3) is 33.3 Å². The highest BCUT2D eigenvalue weighted by atomic mass is 14.9. The molecule has 86 valence electrons. The first kappa shape index (κ1) is 9.41. The van der Waals surface area contributed by atoms with Gasteiger partial charge in [0.2, 0.25) is 0 Å². The summed E-state index contributed by atoms with van der Waals surface area (Å²) < 4.78 is 0. The number of H-pyrrole nitrogens is 2. The van der Waals surface area contributed by atoms with Crippen LogP contribution < -0.4 is 0 Å². The lowest BCUT2D eigenvalue weighted by Gasteiger charge is -2.03. The number of imidazole rings is 1. The van der Waals surface area contributed by atoms with Gasteiger partial charge in [-0.05, 0) is 23.6 Å². The van der Waals surface area contributed by atoms with E-state index in [0.29, 0.717) is 0 Å². The van der Waals surface area contributed by atoms with Crippen LogP contribution in [-0.4, -0.2) is 19.9 Å². The maximum absolute atomic E-state index is 4.32. The fourth-order valence-corrected chi connectivity index (χ4v) is 2.28. The zero-order valence-corrected chi connectivity index (χ0v) is 9.51. The molecule has 18 heavy (non-hydrogen) atoms. The largest absolute Gasteiger partial charge is 0.351 e. The van der Waals surface area contributed by atoms with Gasteiger partial charge in [0.25, 0.3) is 0 Å². The molecular formula is C14H10N4. The van der Waals surface area contributed by atoms with E-state index in [0.717, 1.165) is 27.9 Å². The highest BCUT2D eigenvalue weighted by molar-refractivity contribution is 6.04. The minimum Gasteiger partial charge on any atom is -0.351 e. The molecule has 0 amide bonds. The van der Waals surface area contributed by atoms with Crippen LogP contribution in [0.1, 0.15) is 0 Å². The molecule has 4 nitrogen and oxygen atoms in total. The fourth-order valence-electron chi connectivity index (χ4n) is 2.28. The number of rotatable bonds is 1. The molecule has 0 radical (unpaired) electrons. The zero-order chi connectivity index (χ0) is 11.9. The van der Waals surface area contributed by atoms with Crippen LogP contribution in [-0.2, 0) is 0 Å². The summed E-state index contributed by atoms with van der Waals surface area (Å²) in [5.74, 6) is 0.841. The van der Waals surface area contributed by atoms with Crippen molar-refractivity contribution in [3.63, 3.8) is 0 Å². The summed E-state index contributed by atoms with van der Waals surface area (Å²) in [7, 11) is 0. The first-order valence-corrected chi connectivity index (χ1v) is 5.78. The average molecular weight is 234 g/mol. The lowest BCUT2D eigenvalue weighted by atomic mass is 10.1. The number of fused-ring (bicyclic) bond motifs is 3. The molecule has 0 aliphatic heterocycles. The van der Waals surface area contributed by atoms with Gasteiger partial charge >= 0.3 is 0 Å². The Balaban J connectivity index is 2.08. The molecule has 4 heteroatoms. The van der Waals surface area contributed by atoms with Crippen molar-refractivity contribution in [2.75, 3.05) is 0 Å². The first-order valence-electron chi connectivity index (χ1n) is 5.78. The molecule has 3 aromatic heterocycles. The van der Waals surface area contributed by atoms with Gasteiger partial charge in [0.15, 0.2) is 5.82 Å². The van der Waals surface area contributed by atoms with E-state index in [2.05, 4.69) is 32.1 Å². The quantitative estimate of drug-likeness (QED) is 0.531. The van der Waals surface area contributed by atoms with Crippen LogP contribution in [0, 0.1) is 0 Å². The van der Waals surface area contributed by atoms with Gasteiger partial charge in [-0.1, -0.05) is 12.1 Å². The Labute approximate surface area is 103 Å². The molecule has 4 rings (SSSR count). The van der Waals surface area contributed by atoms with Crippen LogP contribution >= 0.6 is 0 Å². The van der Waals surface area contributed by atoms with Crippen molar-refractivity contribution in [1.82, 2.24) is 19.9 Å². The van der Waals surface area contributed by atoms with Crippen molar-refractivity contribution in [1.29, 1.82) is 0 Å². The molecule has 0 bridgehead atoms. The van der Waals surface area contributed by atoms with Crippen molar-refractivity contribution in [3.05, 3.63) is 48.9 Å². The van der Waals surface area contributed by atoms with Crippen LogP contribution in [0.4, 0.5) is 0 Å². The average Bonchev–Trinajstić information content (AvgIpc) is 3.09. The summed E-state index contributed by atoms with van der Waals surface area (Å²) >= 11 is 0. The van der Waals surface area contributed by atoms with Crippen LogP contribution in [0.5, 0.6) is 0 Å². The molecule has 0 atom stereocenters. The second-order valence-corrected chi connectivity index (χ2v) is 4.22. The summed E-state index contributed by atoms with van der Waals surface area (Å²) in [4.78, 5) is 15.1. The smallest absolute Gasteiger partial charge is 0.153 e. The summed E-state index contributed by atoms with van der Waals surface area (Å²) in [6, 6.07) is 10.3. The summed E-state index contributed by atoms with van der Waals surface area (Å²) in [6.07, 6.45) is 5.40. The first-order chi connectivity index (χ1) is 8.92. The molecule has 0 aliphatic carbocycles. The Morgan fingerprint density at radius 1 is 0.889 bits per heavy atom. The van der Waals surface area contributed by atoms with E-state index >= 15 is 0 Å². The molecular weight excluding hydrogens is 224 g/mol. The second-order valence-electron chi connectivity index (χ2n) is 4.22. The van der Waals surface area contributed by atoms with Crippen LogP contribution in [0.2, 0.25) is 0 Å². The topological polar surface area (TPSA) is 57.4 Å². The van der Waals surface area contributed by atoms with Crippen molar-refractivity contribution in [2.24, 2.45) is 0 Å². The number of hydrogen-bond donors (Lipinski definition) is 2. The Hall–Kier alpha value is -2.62. The number of nitrogens with one attached hydrogen (secondary N) is 2. The van der Waals surface area contributed by atoms with Crippen molar-refractivity contribution in [3.8, 4) is 11.5 Å². The van der Waals surface area contributed by atoms with Gasteiger partial charge in [-0.3, -0.25) is 4.98 Å². The number of nitrogens with zero attached hydrogens (tertiary/aromatic N) is 2. The monoisotopic (exact) mass is 234 g/mol.